The Hall–Kier alpha value is -0.0400. The van der Waals surface area contributed by atoms with Gasteiger partial charge in [0, 0.05) is 6.04 Å². The number of nitrogens with one attached hydrogen (secondary N) is 1. The van der Waals surface area contributed by atoms with Crippen LogP contribution < -0.4 is 5.32 Å². The van der Waals surface area contributed by atoms with Gasteiger partial charge >= 0.3 is 0 Å². The van der Waals surface area contributed by atoms with E-state index in [2.05, 4.69) is 46.9 Å². The van der Waals surface area contributed by atoms with Gasteiger partial charge in [-0.2, -0.15) is 0 Å². The standard InChI is InChI=1S/C19H39N/c1-7-9-10-11-12-13-14-15-16(20-8-2)17-18(3,4)19(17,5)6/h16-17,20H,7-15H2,1-6H3. The second kappa shape index (κ2) is 7.82. The maximum atomic E-state index is 3.77. The number of hydrogen-bond acceptors (Lipinski definition) is 1. The summed E-state index contributed by atoms with van der Waals surface area (Å²) >= 11 is 0. The van der Waals surface area contributed by atoms with Gasteiger partial charge in [0.05, 0.1) is 0 Å². The van der Waals surface area contributed by atoms with Gasteiger partial charge < -0.3 is 5.32 Å². The highest BCUT2D eigenvalue weighted by atomic mass is 15.0. The summed E-state index contributed by atoms with van der Waals surface area (Å²) in [7, 11) is 0. The van der Waals surface area contributed by atoms with Gasteiger partial charge in [-0.05, 0) is 29.7 Å². The Morgan fingerprint density at radius 2 is 1.30 bits per heavy atom. The molecule has 1 atom stereocenters. The SMILES string of the molecule is CCCCCCCCCC(NCC)C1C(C)(C)C1(C)C. The fourth-order valence-corrected chi connectivity index (χ4v) is 4.22. The smallest absolute Gasteiger partial charge is 0.0106 e. The summed E-state index contributed by atoms with van der Waals surface area (Å²) in [5, 5.41) is 3.77. The molecule has 0 amide bonds. The van der Waals surface area contributed by atoms with E-state index in [9.17, 15) is 0 Å². The first-order valence-electron chi connectivity index (χ1n) is 9.13. The molecule has 1 unspecified atom stereocenters. The Morgan fingerprint density at radius 3 is 1.75 bits per heavy atom. The fourth-order valence-electron chi connectivity index (χ4n) is 4.22. The summed E-state index contributed by atoms with van der Waals surface area (Å²) in [5.41, 5.74) is 1.03. The molecule has 0 aromatic heterocycles. The van der Waals surface area contributed by atoms with Crippen LogP contribution in [0.4, 0.5) is 0 Å². The second-order valence-corrected chi connectivity index (χ2v) is 8.00. The Labute approximate surface area is 128 Å². The lowest BCUT2D eigenvalue weighted by atomic mass is 9.97. The largest absolute Gasteiger partial charge is 0.314 e. The topological polar surface area (TPSA) is 12.0 Å². The molecule has 1 aliphatic rings. The van der Waals surface area contributed by atoms with Gasteiger partial charge in [0.25, 0.3) is 0 Å². The molecule has 1 heteroatoms. The van der Waals surface area contributed by atoms with Crippen molar-refractivity contribution in [2.75, 3.05) is 6.54 Å². The van der Waals surface area contributed by atoms with Gasteiger partial charge in [-0.3, -0.25) is 0 Å². The van der Waals surface area contributed by atoms with Crippen LogP contribution in [0.1, 0.15) is 92.9 Å². The maximum Gasteiger partial charge on any atom is 0.0106 e. The lowest BCUT2D eigenvalue weighted by Crippen LogP contribution is -2.33. The molecule has 0 aromatic rings. The van der Waals surface area contributed by atoms with Gasteiger partial charge in [-0.1, -0.05) is 86.5 Å². The highest BCUT2D eigenvalue weighted by molar-refractivity contribution is 5.16. The Bertz CT molecular complexity index is 253. The van der Waals surface area contributed by atoms with Gasteiger partial charge in [-0.25, -0.2) is 0 Å². The van der Waals surface area contributed by atoms with Crippen molar-refractivity contribution in [3.05, 3.63) is 0 Å². The van der Waals surface area contributed by atoms with Crippen molar-refractivity contribution in [2.45, 2.75) is 99.0 Å². The van der Waals surface area contributed by atoms with E-state index < -0.39 is 0 Å². The Kier molecular flexibility index (Phi) is 7.04. The first-order chi connectivity index (χ1) is 9.39. The third-order valence-corrected chi connectivity index (χ3v) is 6.12. The molecular weight excluding hydrogens is 242 g/mol. The molecule has 0 spiro atoms. The van der Waals surface area contributed by atoms with Crippen molar-refractivity contribution in [3.8, 4) is 0 Å². The third kappa shape index (κ3) is 4.23. The fraction of sp³-hybridized carbons (Fsp3) is 1.00. The first kappa shape index (κ1) is 18.0. The van der Waals surface area contributed by atoms with Crippen LogP contribution >= 0.6 is 0 Å². The maximum absolute atomic E-state index is 3.77. The summed E-state index contributed by atoms with van der Waals surface area (Å²) in [5.74, 6) is 0.857. The highest BCUT2D eigenvalue weighted by Crippen LogP contribution is 2.70. The molecule has 1 fully saturated rings. The van der Waals surface area contributed by atoms with Crippen molar-refractivity contribution >= 4 is 0 Å². The molecule has 0 bridgehead atoms. The van der Waals surface area contributed by atoms with Crippen LogP contribution in [0.2, 0.25) is 0 Å². The summed E-state index contributed by atoms with van der Waals surface area (Å²) in [6.07, 6.45) is 11.3. The number of rotatable bonds is 11. The zero-order valence-corrected chi connectivity index (χ0v) is 15.0. The van der Waals surface area contributed by atoms with Crippen LogP contribution in [0.3, 0.4) is 0 Å². The molecule has 1 rings (SSSR count). The van der Waals surface area contributed by atoms with E-state index in [-0.39, 0.29) is 0 Å². The molecule has 0 saturated heterocycles. The molecule has 1 saturated carbocycles. The highest BCUT2D eigenvalue weighted by Gasteiger charge is 2.66. The average molecular weight is 282 g/mol. The Morgan fingerprint density at radius 1 is 0.800 bits per heavy atom. The van der Waals surface area contributed by atoms with Crippen LogP contribution in [-0.2, 0) is 0 Å². The first-order valence-corrected chi connectivity index (χ1v) is 9.13. The van der Waals surface area contributed by atoms with Crippen molar-refractivity contribution in [2.24, 2.45) is 16.7 Å². The second-order valence-electron chi connectivity index (χ2n) is 8.00. The van der Waals surface area contributed by atoms with Crippen molar-refractivity contribution in [1.82, 2.24) is 5.32 Å². The third-order valence-electron chi connectivity index (χ3n) is 6.12. The normalized spacial score (nSPS) is 21.9. The Balaban J connectivity index is 2.24. The summed E-state index contributed by atoms with van der Waals surface area (Å²) in [4.78, 5) is 0. The van der Waals surface area contributed by atoms with Gasteiger partial charge in [-0.15, -0.1) is 0 Å². The van der Waals surface area contributed by atoms with Gasteiger partial charge in [0.2, 0.25) is 0 Å². The lowest BCUT2D eigenvalue weighted by Gasteiger charge is -2.20. The van der Waals surface area contributed by atoms with Crippen LogP contribution in [0.5, 0.6) is 0 Å². The zero-order valence-electron chi connectivity index (χ0n) is 15.0. The average Bonchev–Trinajstić information content (AvgIpc) is 2.77. The zero-order chi connectivity index (χ0) is 15.2. The predicted molar refractivity (Wildman–Crippen MR) is 91.1 cm³/mol. The van der Waals surface area contributed by atoms with Crippen LogP contribution in [0.25, 0.3) is 0 Å². The number of unbranched alkanes of at least 4 members (excludes halogenated alkanes) is 6. The molecule has 0 aliphatic heterocycles. The predicted octanol–water partition coefficient (Wildman–Crippen LogP) is 5.79. The molecule has 0 heterocycles. The summed E-state index contributed by atoms with van der Waals surface area (Å²) in [6.45, 7) is 15.5. The van der Waals surface area contributed by atoms with E-state index in [4.69, 9.17) is 0 Å². The van der Waals surface area contributed by atoms with E-state index in [1.54, 1.807) is 0 Å². The van der Waals surface area contributed by atoms with Crippen molar-refractivity contribution in [3.63, 3.8) is 0 Å². The van der Waals surface area contributed by atoms with Crippen LogP contribution in [0, 0.1) is 16.7 Å². The van der Waals surface area contributed by atoms with Crippen molar-refractivity contribution in [1.29, 1.82) is 0 Å². The molecule has 1 N–H and O–H groups in total. The minimum atomic E-state index is 0.515. The molecule has 120 valence electrons. The van der Waals surface area contributed by atoms with E-state index >= 15 is 0 Å². The molecule has 1 aliphatic carbocycles. The van der Waals surface area contributed by atoms with Crippen LogP contribution in [0.15, 0.2) is 0 Å². The summed E-state index contributed by atoms with van der Waals surface area (Å²) < 4.78 is 0. The van der Waals surface area contributed by atoms with E-state index in [0.29, 0.717) is 10.8 Å². The molecule has 1 nitrogen and oxygen atoms in total. The van der Waals surface area contributed by atoms with Gasteiger partial charge in [0.1, 0.15) is 0 Å². The van der Waals surface area contributed by atoms with E-state index in [1.165, 1.54) is 51.4 Å². The van der Waals surface area contributed by atoms with Crippen molar-refractivity contribution < 1.29 is 0 Å². The quantitative estimate of drug-likeness (QED) is 0.473. The lowest BCUT2D eigenvalue weighted by molar-refractivity contribution is 0.370. The minimum absolute atomic E-state index is 0.515. The van der Waals surface area contributed by atoms with E-state index in [0.717, 1.165) is 18.5 Å². The molecule has 20 heavy (non-hydrogen) atoms. The van der Waals surface area contributed by atoms with E-state index in [1.807, 2.05) is 0 Å². The van der Waals surface area contributed by atoms with Crippen LogP contribution in [-0.4, -0.2) is 12.6 Å². The monoisotopic (exact) mass is 281 g/mol. The minimum Gasteiger partial charge on any atom is -0.314 e. The number of hydrogen-bond donors (Lipinski definition) is 1. The summed E-state index contributed by atoms with van der Waals surface area (Å²) in [6, 6.07) is 0.737. The molecule has 0 radical (unpaired) electrons. The van der Waals surface area contributed by atoms with Gasteiger partial charge in [0.15, 0.2) is 0 Å². The molecule has 0 aromatic carbocycles. The molecular formula is C19H39N.